The van der Waals surface area contributed by atoms with Crippen LogP contribution < -0.4 is 4.74 Å². The Bertz CT molecular complexity index is 612. The number of hydrogen-bond donors (Lipinski definition) is 0. The summed E-state index contributed by atoms with van der Waals surface area (Å²) >= 11 is 3.42. The first-order valence-electron chi connectivity index (χ1n) is 5.98. The lowest BCUT2D eigenvalue weighted by molar-refractivity contribution is 0.103. The Kier molecular flexibility index (Phi) is 4.05. The van der Waals surface area contributed by atoms with E-state index in [0.717, 1.165) is 21.3 Å². The zero-order valence-corrected chi connectivity index (χ0v) is 12.7. The lowest BCUT2D eigenvalue weighted by Gasteiger charge is -2.08. The zero-order valence-electron chi connectivity index (χ0n) is 11.2. The van der Waals surface area contributed by atoms with Crippen molar-refractivity contribution in [1.82, 2.24) is 0 Å². The van der Waals surface area contributed by atoms with Crippen LogP contribution in [0.1, 0.15) is 27.0 Å². The van der Waals surface area contributed by atoms with E-state index in [1.165, 1.54) is 0 Å². The predicted octanol–water partition coefficient (Wildman–Crippen LogP) is 4.31. The lowest BCUT2D eigenvalue weighted by Crippen LogP contribution is -2.04. The van der Waals surface area contributed by atoms with Crippen LogP contribution in [0.15, 0.2) is 40.9 Å². The molecule has 0 radical (unpaired) electrons. The smallest absolute Gasteiger partial charge is 0.193 e. The summed E-state index contributed by atoms with van der Waals surface area (Å²) in [5.74, 6) is 0.795. The van der Waals surface area contributed by atoms with Crippen LogP contribution >= 0.6 is 15.9 Å². The number of benzene rings is 2. The number of aryl methyl sites for hydroxylation is 2. The highest BCUT2D eigenvalue weighted by molar-refractivity contribution is 9.10. The molecule has 3 heteroatoms. The molecule has 2 rings (SSSR count). The molecule has 0 heterocycles. The molecular formula is C16H15BrO2. The first-order chi connectivity index (χ1) is 9.01. The van der Waals surface area contributed by atoms with Gasteiger partial charge in [-0.15, -0.1) is 0 Å². The highest BCUT2D eigenvalue weighted by Gasteiger charge is 2.13. The van der Waals surface area contributed by atoms with Gasteiger partial charge in [-0.1, -0.05) is 15.9 Å². The molecule has 0 aliphatic carbocycles. The van der Waals surface area contributed by atoms with Crippen molar-refractivity contribution in [2.24, 2.45) is 0 Å². The van der Waals surface area contributed by atoms with Crippen molar-refractivity contribution in [2.75, 3.05) is 7.11 Å². The van der Waals surface area contributed by atoms with Crippen LogP contribution in [0.4, 0.5) is 0 Å². The molecule has 2 nitrogen and oxygen atoms in total. The summed E-state index contributed by atoms with van der Waals surface area (Å²) < 4.78 is 6.07. The number of carbonyl (C=O) groups is 1. The molecule has 0 spiro atoms. The lowest BCUT2D eigenvalue weighted by atomic mass is 9.98. The Morgan fingerprint density at radius 3 is 2.42 bits per heavy atom. The van der Waals surface area contributed by atoms with E-state index in [0.29, 0.717) is 11.1 Å². The van der Waals surface area contributed by atoms with E-state index in [1.807, 2.05) is 50.2 Å². The van der Waals surface area contributed by atoms with Crippen molar-refractivity contribution < 1.29 is 9.53 Å². The Balaban J connectivity index is 2.44. The number of rotatable bonds is 3. The average molecular weight is 319 g/mol. The van der Waals surface area contributed by atoms with Gasteiger partial charge in [0.05, 0.1) is 7.11 Å². The summed E-state index contributed by atoms with van der Waals surface area (Å²) in [4.78, 5) is 12.5. The predicted molar refractivity (Wildman–Crippen MR) is 80.0 cm³/mol. The number of ketones is 1. The summed E-state index contributed by atoms with van der Waals surface area (Å²) in [6, 6.07) is 11.2. The van der Waals surface area contributed by atoms with Crippen LogP contribution in [-0.4, -0.2) is 12.9 Å². The maximum absolute atomic E-state index is 12.5. The van der Waals surface area contributed by atoms with Gasteiger partial charge in [0, 0.05) is 15.6 Å². The molecule has 0 unspecified atom stereocenters. The second-order valence-corrected chi connectivity index (χ2v) is 5.44. The maximum atomic E-state index is 12.5. The van der Waals surface area contributed by atoms with Gasteiger partial charge in [0.1, 0.15) is 5.75 Å². The Morgan fingerprint density at radius 2 is 1.84 bits per heavy atom. The molecule has 0 saturated carbocycles. The molecule has 0 N–H and O–H groups in total. The van der Waals surface area contributed by atoms with E-state index in [-0.39, 0.29) is 5.78 Å². The number of halogens is 1. The van der Waals surface area contributed by atoms with Gasteiger partial charge < -0.3 is 4.74 Å². The molecule has 0 aromatic heterocycles. The summed E-state index contributed by atoms with van der Waals surface area (Å²) in [6.07, 6.45) is 0. The standard InChI is InChI=1S/C16H15BrO2/c1-10-6-12(9-13(17)7-10)16(18)15-5-4-14(19-3)8-11(15)2/h4-9H,1-3H3. The van der Waals surface area contributed by atoms with Gasteiger partial charge in [0.2, 0.25) is 0 Å². The first-order valence-corrected chi connectivity index (χ1v) is 6.77. The van der Waals surface area contributed by atoms with Crippen LogP contribution in [0.3, 0.4) is 0 Å². The van der Waals surface area contributed by atoms with Gasteiger partial charge in [0.25, 0.3) is 0 Å². The molecule has 0 fully saturated rings. The Hall–Kier alpha value is -1.61. The summed E-state index contributed by atoms with van der Waals surface area (Å²) in [5, 5.41) is 0. The fourth-order valence-electron chi connectivity index (χ4n) is 2.04. The van der Waals surface area contributed by atoms with Crippen molar-refractivity contribution >= 4 is 21.7 Å². The van der Waals surface area contributed by atoms with E-state index in [9.17, 15) is 4.79 Å². The van der Waals surface area contributed by atoms with Crippen molar-refractivity contribution in [3.8, 4) is 5.75 Å². The highest BCUT2D eigenvalue weighted by Crippen LogP contribution is 2.22. The van der Waals surface area contributed by atoms with Crippen LogP contribution in [0.5, 0.6) is 5.75 Å². The monoisotopic (exact) mass is 318 g/mol. The topological polar surface area (TPSA) is 26.3 Å². The normalized spacial score (nSPS) is 10.3. The SMILES string of the molecule is COc1ccc(C(=O)c2cc(C)cc(Br)c2)c(C)c1. The molecule has 19 heavy (non-hydrogen) atoms. The van der Waals surface area contributed by atoms with E-state index in [2.05, 4.69) is 15.9 Å². The average Bonchev–Trinajstić information content (AvgIpc) is 2.36. The molecule has 0 aliphatic rings. The van der Waals surface area contributed by atoms with Crippen molar-refractivity contribution in [1.29, 1.82) is 0 Å². The second-order valence-electron chi connectivity index (χ2n) is 4.53. The maximum Gasteiger partial charge on any atom is 0.193 e. The second kappa shape index (κ2) is 5.57. The van der Waals surface area contributed by atoms with E-state index in [1.54, 1.807) is 7.11 Å². The zero-order chi connectivity index (χ0) is 14.0. The third-order valence-electron chi connectivity index (χ3n) is 2.98. The number of ether oxygens (including phenoxy) is 1. The van der Waals surface area contributed by atoms with Gasteiger partial charge in [-0.3, -0.25) is 4.79 Å². The molecule has 0 amide bonds. The number of carbonyl (C=O) groups excluding carboxylic acids is 1. The Labute approximate surface area is 121 Å². The van der Waals surface area contributed by atoms with Crippen molar-refractivity contribution in [3.63, 3.8) is 0 Å². The fourth-order valence-corrected chi connectivity index (χ4v) is 2.65. The highest BCUT2D eigenvalue weighted by atomic mass is 79.9. The molecule has 0 atom stereocenters. The minimum Gasteiger partial charge on any atom is -0.497 e. The van der Waals surface area contributed by atoms with Crippen LogP contribution in [0.2, 0.25) is 0 Å². The van der Waals surface area contributed by atoms with Crippen LogP contribution in [0.25, 0.3) is 0 Å². The van der Waals surface area contributed by atoms with Crippen LogP contribution in [-0.2, 0) is 0 Å². The van der Waals surface area contributed by atoms with Crippen LogP contribution in [0, 0.1) is 13.8 Å². The minimum atomic E-state index is 0.0320. The molecular weight excluding hydrogens is 304 g/mol. The molecule has 98 valence electrons. The number of methoxy groups -OCH3 is 1. The van der Waals surface area contributed by atoms with Crippen molar-refractivity contribution in [2.45, 2.75) is 13.8 Å². The quantitative estimate of drug-likeness (QED) is 0.788. The van der Waals surface area contributed by atoms with Gasteiger partial charge >= 0.3 is 0 Å². The molecule has 0 bridgehead atoms. The summed E-state index contributed by atoms with van der Waals surface area (Å²) in [6.45, 7) is 3.89. The fraction of sp³-hybridized carbons (Fsp3) is 0.188. The summed E-state index contributed by atoms with van der Waals surface area (Å²) in [7, 11) is 1.62. The molecule has 0 aliphatic heterocycles. The van der Waals surface area contributed by atoms with Gasteiger partial charge in [-0.2, -0.15) is 0 Å². The van der Waals surface area contributed by atoms with E-state index < -0.39 is 0 Å². The molecule has 0 saturated heterocycles. The van der Waals surface area contributed by atoms with E-state index in [4.69, 9.17) is 4.74 Å². The summed E-state index contributed by atoms with van der Waals surface area (Å²) in [5.41, 5.74) is 3.38. The Morgan fingerprint density at radius 1 is 1.11 bits per heavy atom. The molecule has 2 aromatic carbocycles. The van der Waals surface area contributed by atoms with Crippen molar-refractivity contribution in [3.05, 3.63) is 63.1 Å². The third-order valence-corrected chi connectivity index (χ3v) is 3.44. The number of hydrogen-bond acceptors (Lipinski definition) is 2. The minimum absolute atomic E-state index is 0.0320. The van der Waals surface area contributed by atoms with Gasteiger partial charge in [-0.25, -0.2) is 0 Å². The van der Waals surface area contributed by atoms with Gasteiger partial charge in [-0.05, 0) is 61.4 Å². The molecule has 2 aromatic rings. The van der Waals surface area contributed by atoms with E-state index >= 15 is 0 Å². The van der Waals surface area contributed by atoms with Gasteiger partial charge in [0.15, 0.2) is 5.78 Å². The largest absolute Gasteiger partial charge is 0.497 e. The first kappa shape index (κ1) is 13.8. The third kappa shape index (κ3) is 3.04.